The molecule has 1 aliphatic rings. The van der Waals surface area contributed by atoms with Gasteiger partial charge in [0.25, 0.3) is 0 Å². The van der Waals surface area contributed by atoms with Gasteiger partial charge in [0.1, 0.15) is 18.5 Å². The number of nitrogens with zero attached hydrogens (tertiary/aromatic N) is 6. The average Bonchev–Trinajstić information content (AvgIpc) is 3.07. The number of hydrogen-bond donors (Lipinski definition) is 0. The van der Waals surface area contributed by atoms with Crippen LogP contribution in [0.2, 0.25) is 0 Å². The predicted molar refractivity (Wildman–Crippen MR) is 77.7 cm³/mol. The largest absolute Gasteiger partial charge is 0.353 e. The van der Waals surface area contributed by atoms with Gasteiger partial charge in [-0.2, -0.15) is 5.10 Å². The van der Waals surface area contributed by atoms with E-state index >= 15 is 0 Å². The maximum absolute atomic E-state index is 12.2. The zero-order valence-electron chi connectivity index (χ0n) is 11.8. The summed E-state index contributed by atoms with van der Waals surface area (Å²) < 4.78 is 1.68. The minimum atomic E-state index is 0.172. The smallest absolute Gasteiger partial charge is 0.224 e. The van der Waals surface area contributed by atoms with Crippen molar-refractivity contribution in [2.45, 2.75) is 13.0 Å². The Morgan fingerprint density at radius 1 is 1.19 bits per heavy atom. The molecule has 7 heteroatoms. The molecule has 0 radical (unpaired) electrons. The molecule has 0 N–H and O–H groups in total. The fraction of sp³-hybridized carbons (Fsp3) is 0.429. The standard InChI is InChI=1S/C14H18N6O/c21-14(4-6-20-12-15-11-17-20)19-9-7-18(8-10-19)13-3-1-2-5-16-13/h1-3,5,11-12H,4,6-10H2. The first-order valence-corrected chi connectivity index (χ1v) is 7.09. The molecule has 1 fully saturated rings. The third-order valence-electron chi connectivity index (χ3n) is 3.63. The van der Waals surface area contributed by atoms with Gasteiger partial charge in [-0.15, -0.1) is 0 Å². The van der Waals surface area contributed by atoms with Crippen molar-refractivity contribution in [2.75, 3.05) is 31.1 Å². The second kappa shape index (κ2) is 6.34. The van der Waals surface area contributed by atoms with E-state index in [1.165, 1.54) is 6.33 Å². The van der Waals surface area contributed by atoms with Gasteiger partial charge in [0.05, 0.1) is 6.54 Å². The highest BCUT2D eigenvalue weighted by atomic mass is 16.2. The summed E-state index contributed by atoms with van der Waals surface area (Å²) in [5.41, 5.74) is 0. The lowest BCUT2D eigenvalue weighted by Gasteiger charge is -2.35. The normalized spacial score (nSPS) is 15.2. The van der Waals surface area contributed by atoms with E-state index in [9.17, 15) is 4.79 Å². The van der Waals surface area contributed by atoms with Gasteiger partial charge in [0, 0.05) is 38.8 Å². The van der Waals surface area contributed by atoms with Crippen molar-refractivity contribution in [2.24, 2.45) is 0 Å². The molecule has 0 unspecified atom stereocenters. The number of aryl methyl sites for hydroxylation is 1. The van der Waals surface area contributed by atoms with Crippen LogP contribution >= 0.6 is 0 Å². The topological polar surface area (TPSA) is 67.2 Å². The molecule has 3 rings (SSSR count). The van der Waals surface area contributed by atoms with Crippen molar-refractivity contribution in [3.8, 4) is 0 Å². The van der Waals surface area contributed by atoms with E-state index in [1.54, 1.807) is 17.2 Å². The summed E-state index contributed by atoms with van der Waals surface area (Å²) in [5, 5.41) is 4.00. The number of carbonyl (C=O) groups is 1. The Morgan fingerprint density at radius 2 is 2.05 bits per heavy atom. The summed E-state index contributed by atoms with van der Waals surface area (Å²) in [6, 6.07) is 5.90. The lowest BCUT2D eigenvalue weighted by atomic mass is 10.2. The van der Waals surface area contributed by atoms with Crippen LogP contribution in [0.15, 0.2) is 37.1 Å². The molecule has 1 aliphatic heterocycles. The molecule has 0 aliphatic carbocycles. The van der Waals surface area contributed by atoms with Crippen LogP contribution in [0.3, 0.4) is 0 Å². The van der Waals surface area contributed by atoms with Crippen molar-refractivity contribution in [1.29, 1.82) is 0 Å². The fourth-order valence-corrected chi connectivity index (χ4v) is 2.44. The molecule has 0 saturated carbocycles. The van der Waals surface area contributed by atoms with E-state index in [1.807, 2.05) is 23.1 Å². The van der Waals surface area contributed by atoms with Gasteiger partial charge in [-0.3, -0.25) is 9.48 Å². The summed E-state index contributed by atoms with van der Waals surface area (Å²) in [6.45, 7) is 3.72. The zero-order valence-corrected chi connectivity index (χ0v) is 11.8. The highest BCUT2D eigenvalue weighted by Crippen LogP contribution is 2.13. The molecule has 7 nitrogen and oxygen atoms in total. The molecule has 2 aromatic rings. The molecular weight excluding hydrogens is 268 g/mol. The van der Waals surface area contributed by atoms with Crippen LogP contribution in [0.1, 0.15) is 6.42 Å². The maximum Gasteiger partial charge on any atom is 0.224 e. The summed E-state index contributed by atoms with van der Waals surface area (Å²) in [5.74, 6) is 1.15. The number of pyridine rings is 1. The molecular formula is C14H18N6O. The van der Waals surface area contributed by atoms with E-state index in [-0.39, 0.29) is 5.91 Å². The van der Waals surface area contributed by atoms with Crippen molar-refractivity contribution < 1.29 is 4.79 Å². The van der Waals surface area contributed by atoms with E-state index in [0.29, 0.717) is 13.0 Å². The summed E-state index contributed by atoms with van der Waals surface area (Å²) >= 11 is 0. The van der Waals surface area contributed by atoms with Gasteiger partial charge in [-0.25, -0.2) is 9.97 Å². The quantitative estimate of drug-likeness (QED) is 0.814. The first-order valence-electron chi connectivity index (χ1n) is 7.09. The lowest BCUT2D eigenvalue weighted by molar-refractivity contribution is -0.131. The second-order valence-electron chi connectivity index (χ2n) is 4.96. The molecule has 2 aromatic heterocycles. The Balaban J connectivity index is 1.48. The van der Waals surface area contributed by atoms with Gasteiger partial charge in [-0.1, -0.05) is 6.07 Å². The van der Waals surface area contributed by atoms with Gasteiger partial charge in [-0.05, 0) is 12.1 Å². The Labute approximate surface area is 123 Å². The van der Waals surface area contributed by atoms with E-state index in [4.69, 9.17) is 0 Å². The first-order chi connectivity index (χ1) is 10.3. The van der Waals surface area contributed by atoms with Crippen LogP contribution in [0.5, 0.6) is 0 Å². The van der Waals surface area contributed by atoms with Crippen LogP contribution in [-0.2, 0) is 11.3 Å². The number of rotatable bonds is 4. The Kier molecular flexibility index (Phi) is 4.09. The van der Waals surface area contributed by atoms with Gasteiger partial charge in [0.15, 0.2) is 0 Å². The number of piperazine rings is 1. The number of carbonyl (C=O) groups excluding carboxylic acids is 1. The van der Waals surface area contributed by atoms with Gasteiger partial charge in [0.2, 0.25) is 5.91 Å². The summed E-state index contributed by atoms with van der Waals surface area (Å²) in [4.78, 5) is 24.5. The molecule has 1 amide bonds. The van der Waals surface area contributed by atoms with Crippen LogP contribution in [-0.4, -0.2) is 56.7 Å². The number of amides is 1. The zero-order chi connectivity index (χ0) is 14.5. The van der Waals surface area contributed by atoms with E-state index in [2.05, 4.69) is 20.0 Å². The predicted octanol–water partition coefficient (Wildman–Crippen LogP) is 0.412. The Hall–Kier alpha value is -2.44. The molecule has 0 atom stereocenters. The molecule has 0 aromatic carbocycles. The maximum atomic E-state index is 12.2. The van der Waals surface area contributed by atoms with Crippen LogP contribution < -0.4 is 4.90 Å². The number of hydrogen-bond acceptors (Lipinski definition) is 5. The van der Waals surface area contributed by atoms with Crippen molar-refractivity contribution in [3.05, 3.63) is 37.1 Å². The lowest BCUT2D eigenvalue weighted by Crippen LogP contribution is -2.49. The summed E-state index contributed by atoms with van der Waals surface area (Å²) in [7, 11) is 0. The van der Waals surface area contributed by atoms with Gasteiger partial charge >= 0.3 is 0 Å². The van der Waals surface area contributed by atoms with Crippen molar-refractivity contribution in [1.82, 2.24) is 24.6 Å². The van der Waals surface area contributed by atoms with E-state index in [0.717, 1.165) is 32.0 Å². The molecule has 3 heterocycles. The van der Waals surface area contributed by atoms with E-state index < -0.39 is 0 Å². The minimum absolute atomic E-state index is 0.172. The number of aromatic nitrogens is 4. The number of anilines is 1. The van der Waals surface area contributed by atoms with Crippen molar-refractivity contribution >= 4 is 11.7 Å². The molecule has 1 saturated heterocycles. The fourth-order valence-electron chi connectivity index (χ4n) is 2.44. The SMILES string of the molecule is O=C(CCn1cncn1)N1CCN(c2ccccn2)CC1. The van der Waals surface area contributed by atoms with Crippen molar-refractivity contribution in [3.63, 3.8) is 0 Å². The average molecular weight is 286 g/mol. The second-order valence-corrected chi connectivity index (χ2v) is 4.96. The summed E-state index contributed by atoms with van der Waals surface area (Å²) in [6.07, 6.45) is 5.38. The molecule has 0 spiro atoms. The monoisotopic (exact) mass is 286 g/mol. The van der Waals surface area contributed by atoms with Crippen LogP contribution in [0.4, 0.5) is 5.82 Å². The minimum Gasteiger partial charge on any atom is -0.353 e. The first kappa shape index (κ1) is 13.5. The third kappa shape index (κ3) is 3.36. The van der Waals surface area contributed by atoms with Gasteiger partial charge < -0.3 is 9.80 Å². The van der Waals surface area contributed by atoms with Crippen LogP contribution in [0, 0.1) is 0 Å². The molecule has 0 bridgehead atoms. The van der Waals surface area contributed by atoms with Crippen LogP contribution in [0.25, 0.3) is 0 Å². The Bertz CT molecular complexity index is 562. The highest BCUT2D eigenvalue weighted by molar-refractivity contribution is 5.76. The Morgan fingerprint density at radius 3 is 2.71 bits per heavy atom. The molecule has 21 heavy (non-hydrogen) atoms. The highest BCUT2D eigenvalue weighted by Gasteiger charge is 2.21. The molecule has 110 valence electrons. The third-order valence-corrected chi connectivity index (χ3v) is 3.63.